The van der Waals surface area contributed by atoms with Crippen LogP contribution in [0.25, 0.3) is 66.8 Å². The summed E-state index contributed by atoms with van der Waals surface area (Å²) in [5, 5.41) is 0.607. The smallest absolute Gasteiger partial charge is 0.0618 e. The Kier molecular flexibility index (Phi) is 14.1. The van der Waals surface area contributed by atoms with Gasteiger partial charge in [-0.3, -0.25) is 0 Å². The Morgan fingerprint density at radius 2 is 0.532 bits per heavy atom. The summed E-state index contributed by atoms with van der Waals surface area (Å²) in [6.07, 6.45) is 0. The molecule has 0 saturated heterocycles. The average Bonchev–Trinajstić information content (AvgIpc) is 3.47. The minimum atomic E-state index is 0.0173. The van der Waals surface area contributed by atoms with Gasteiger partial charge < -0.3 is 9.80 Å². The van der Waals surface area contributed by atoms with Gasteiger partial charge in [-0.25, -0.2) is 0 Å². The first-order chi connectivity index (χ1) is 37.4. The van der Waals surface area contributed by atoms with Crippen molar-refractivity contribution in [3.8, 4) is 66.8 Å². The normalized spacial score (nSPS) is 11.6. The fraction of sp³-hybridized carbons (Fsp3) is 0.108. The van der Waals surface area contributed by atoms with Crippen molar-refractivity contribution in [1.82, 2.24) is 0 Å². The van der Waals surface area contributed by atoms with Gasteiger partial charge in [0.2, 0.25) is 0 Å². The molecule has 77 heavy (non-hydrogen) atoms. The second-order valence-electron chi connectivity index (χ2n) is 22.0. The first-order valence-electron chi connectivity index (χ1n) is 26.7. The lowest BCUT2D eigenvalue weighted by Crippen LogP contribution is -2.16. The van der Waals surface area contributed by atoms with Crippen LogP contribution in [0.3, 0.4) is 0 Å². The Morgan fingerprint density at radius 1 is 0.247 bits per heavy atom. The van der Waals surface area contributed by atoms with Gasteiger partial charge in [0.1, 0.15) is 0 Å². The van der Waals surface area contributed by atoms with Gasteiger partial charge in [0.15, 0.2) is 0 Å². The summed E-state index contributed by atoms with van der Waals surface area (Å²) in [6.45, 7) is 13.6. The van der Waals surface area contributed by atoms with Crippen molar-refractivity contribution in [1.29, 1.82) is 0 Å². The number of hydrogen-bond donors (Lipinski definition) is 0. The van der Waals surface area contributed by atoms with Gasteiger partial charge in [0, 0.05) is 50.0 Å². The van der Waals surface area contributed by atoms with Gasteiger partial charge >= 0.3 is 0 Å². The molecule has 0 atom stereocenters. The summed E-state index contributed by atoms with van der Waals surface area (Å²) in [7, 11) is 0. The molecule has 2 nitrogen and oxygen atoms in total. The minimum Gasteiger partial charge on any atom is -0.309 e. The zero-order chi connectivity index (χ0) is 53.1. The Balaban J connectivity index is 1.18. The summed E-state index contributed by atoms with van der Waals surface area (Å²) in [5.74, 6) is 0. The fourth-order valence-electron chi connectivity index (χ4n) is 10.5. The van der Waals surface area contributed by atoms with Crippen molar-refractivity contribution in [2.24, 2.45) is 0 Å². The van der Waals surface area contributed by atoms with Crippen LogP contribution < -0.4 is 9.80 Å². The van der Waals surface area contributed by atoms with Gasteiger partial charge in [-0.1, -0.05) is 284 Å². The van der Waals surface area contributed by atoms with Crippen LogP contribution in [0.1, 0.15) is 52.7 Å². The van der Waals surface area contributed by atoms with E-state index in [9.17, 15) is 0 Å². The summed E-state index contributed by atoms with van der Waals surface area (Å²) >= 11 is 7.68. The lowest BCUT2D eigenvalue weighted by Gasteiger charge is -2.34. The molecular formula is C74H63ClN2. The molecule has 11 aromatic carbocycles. The van der Waals surface area contributed by atoms with Crippen molar-refractivity contribution in [3.05, 3.63) is 289 Å². The molecule has 0 aliphatic rings. The maximum Gasteiger partial charge on any atom is 0.0618 e. The van der Waals surface area contributed by atoms with E-state index >= 15 is 0 Å². The third-order valence-electron chi connectivity index (χ3n) is 14.6. The SMILES string of the molecule is CC(C)(C)c1cccc(-c2ccc(N(c3cc(Cl)cc(N(c4ccc(-c5cccc(C(C)(C)C)c5)cc4)c4c(-c5ccccc5)cccc4-c4ccccc4)c3)c3c(-c4ccccc4)cccc3-c3ccccc3)cc2)c1. The van der Waals surface area contributed by atoms with E-state index in [-0.39, 0.29) is 10.8 Å². The highest BCUT2D eigenvalue weighted by atomic mass is 35.5. The van der Waals surface area contributed by atoms with Crippen LogP contribution in [-0.4, -0.2) is 0 Å². The Bertz CT molecular complexity index is 3430. The van der Waals surface area contributed by atoms with E-state index in [0.29, 0.717) is 5.02 Å². The summed E-state index contributed by atoms with van der Waals surface area (Å²) in [4.78, 5) is 4.83. The van der Waals surface area contributed by atoms with Crippen LogP contribution in [0.2, 0.25) is 5.02 Å². The van der Waals surface area contributed by atoms with Gasteiger partial charge in [-0.05, 0) is 109 Å². The second-order valence-corrected chi connectivity index (χ2v) is 22.4. The largest absolute Gasteiger partial charge is 0.309 e. The highest BCUT2D eigenvalue weighted by molar-refractivity contribution is 6.31. The average molecular weight is 1020 g/mol. The molecule has 376 valence electrons. The Hall–Kier alpha value is -8.69. The van der Waals surface area contributed by atoms with Gasteiger partial charge in [-0.15, -0.1) is 0 Å². The van der Waals surface area contributed by atoms with Crippen molar-refractivity contribution >= 4 is 45.7 Å². The van der Waals surface area contributed by atoms with Crippen molar-refractivity contribution < 1.29 is 0 Å². The lowest BCUT2D eigenvalue weighted by atomic mass is 9.85. The zero-order valence-corrected chi connectivity index (χ0v) is 45.5. The molecule has 0 bridgehead atoms. The fourth-order valence-corrected chi connectivity index (χ4v) is 10.8. The number of para-hydroxylation sites is 2. The highest BCUT2D eigenvalue weighted by Gasteiger charge is 2.27. The molecule has 0 radical (unpaired) electrons. The zero-order valence-electron chi connectivity index (χ0n) is 44.8. The molecule has 0 aliphatic carbocycles. The van der Waals surface area contributed by atoms with Crippen molar-refractivity contribution in [2.45, 2.75) is 52.4 Å². The minimum absolute atomic E-state index is 0.0173. The Labute approximate surface area is 461 Å². The molecule has 0 unspecified atom stereocenters. The molecule has 0 fully saturated rings. The van der Waals surface area contributed by atoms with Crippen molar-refractivity contribution in [2.75, 3.05) is 9.80 Å². The van der Waals surface area contributed by atoms with Gasteiger partial charge in [0.05, 0.1) is 11.4 Å². The van der Waals surface area contributed by atoms with E-state index in [1.165, 1.54) is 22.3 Å². The monoisotopic (exact) mass is 1010 g/mol. The van der Waals surface area contributed by atoms with Crippen LogP contribution >= 0.6 is 11.6 Å². The van der Waals surface area contributed by atoms with E-state index < -0.39 is 0 Å². The van der Waals surface area contributed by atoms with E-state index in [1.807, 2.05) is 0 Å². The number of halogens is 1. The van der Waals surface area contributed by atoms with Gasteiger partial charge in [0.25, 0.3) is 0 Å². The molecule has 0 saturated carbocycles. The number of rotatable bonds is 12. The predicted octanol–water partition coefficient (Wildman–Crippen LogP) is 21.9. The van der Waals surface area contributed by atoms with E-state index in [0.717, 1.165) is 89.8 Å². The molecular weight excluding hydrogens is 952 g/mol. The number of hydrogen-bond acceptors (Lipinski definition) is 2. The second kappa shape index (κ2) is 21.5. The Morgan fingerprint density at radius 3 is 0.831 bits per heavy atom. The van der Waals surface area contributed by atoms with Crippen LogP contribution in [0.15, 0.2) is 273 Å². The standard InChI is InChI=1S/C74H63ClN2/c1-73(2,3)60-33-19-31-58(47-60)52-39-43-63(44-40-52)76(71-67(54-23-11-7-12-24-54)35-21-36-68(71)55-25-13-8-14-26-55)65-49-62(75)50-66(51-65)77(64-45-41-53(42-46-64)59-32-20-34-61(48-59)74(4,5)6)72-69(56-27-15-9-16-28-56)37-22-38-70(72)57-29-17-10-18-30-57/h7-51H,1-6H3. The molecule has 0 aliphatic heterocycles. The molecule has 0 N–H and O–H groups in total. The number of nitrogens with zero attached hydrogens (tertiary/aromatic N) is 2. The molecule has 3 heteroatoms. The highest BCUT2D eigenvalue weighted by Crippen LogP contribution is 2.52. The lowest BCUT2D eigenvalue weighted by molar-refractivity contribution is 0.590. The van der Waals surface area contributed by atoms with Crippen LogP contribution in [0.5, 0.6) is 0 Å². The third kappa shape index (κ3) is 10.8. The summed E-state index contributed by atoms with van der Waals surface area (Å²) in [5.41, 5.74) is 22.1. The predicted molar refractivity (Wildman–Crippen MR) is 331 cm³/mol. The summed E-state index contributed by atoms with van der Waals surface area (Å²) < 4.78 is 0. The van der Waals surface area contributed by atoms with E-state index in [1.54, 1.807) is 0 Å². The van der Waals surface area contributed by atoms with Crippen LogP contribution in [-0.2, 0) is 10.8 Å². The molecule has 0 spiro atoms. The quantitative estimate of drug-likeness (QED) is 0.120. The number of anilines is 6. The molecule has 11 rings (SSSR count). The summed E-state index contributed by atoms with van der Waals surface area (Å²) in [6, 6.07) is 98.8. The maximum atomic E-state index is 7.68. The number of benzene rings is 11. The van der Waals surface area contributed by atoms with E-state index in [4.69, 9.17) is 11.6 Å². The molecule has 0 amide bonds. The first kappa shape index (κ1) is 50.5. The third-order valence-corrected chi connectivity index (χ3v) is 14.8. The molecule has 11 aromatic rings. The van der Waals surface area contributed by atoms with Crippen LogP contribution in [0.4, 0.5) is 34.1 Å². The van der Waals surface area contributed by atoms with Gasteiger partial charge in [-0.2, -0.15) is 0 Å². The van der Waals surface area contributed by atoms with Crippen LogP contribution in [0, 0.1) is 0 Å². The molecule has 0 heterocycles. The van der Waals surface area contributed by atoms with Crippen molar-refractivity contribution in [3.63, 3.8) is 0 Å². The maximum absolute atomic E-state index is 7.68. The topological polar surface area (TPSA) is 6.48 Å². The first-order valence-corrected chi connectivity index (χ1v) is 27.1. The van der Waals surface area contributed by atoms with E-state index in [2.05, 4.69) is 324 Å². The molecule has 0 aromatic heterocycles.